The van der Waals surface area contributed by atoms with Crippen molar-refractivity contribution in [1.82, 2.24) is 4.57 Å². The smallest absolute Gasteiger partial charge is 0.273 e. The number of methoxy groups -OCH3 is 1. The molecule has 1 atom stereocenters. The van der Waals surface area contributed by atoms with Crippen LogP contribution in [0.4, 0.5) is 11.4 Å². The lowest BCUT2D eigenvalue weighted by Gasteiger charge is -2.25. The van der Waals surface area contributed by atoms with Crippen LogP contribution in [0.5, 0.6) is 11.5 Å². The molecule has 5 aromatic rings. The summed E-state index contributed by atoms with van der Waals surface area (Å²) in [7, 11) is 1.42. The molecule has 0 spiro atoms. The molecule has 1 amide bonds. The summed E-state index contributed by atoms with van der Waals surface area (Å²) in [5.74, 6) is 1.38. The number of nitrogens with one attached hydrogen (secondary N) is 1. The van der Waals surface area contributed by atoms with Gasteiger partial charge in [0.25, 0.3) is 17.2 Å². The maximum Gasteiger partial charge on any atom is 0.273 e. The Balaban J connectivity index is 1.43. The molecule has 232 valence electrons. The first kappa shape index (κ1) is 30.3. The van der Waals surface area contributed by atoms with Crippen molar-refractivity contribution in [3.63, 3.8) is 0 Å². The summed E-state index contributed by atoms with van der Waals surface area (Å²) in [6, 6.07) is 23.3. The number of nitrogens with zero attached hydrogens (tertiary/aromatic N) is 3. The number of nitro groups is 1. The number of anilines is 1. The Morgan fingerprint density at radius 3 is 2.57 bits per heavy atom. The van der Waals surface area contributed by atoms with Crippen LogP contribution < -0.4 is 29.7 Å². The van der Waals surface area contributed by atoms with Gasteiger partial charge in [0.1, 0.15) is 23.0 Å². The fourth-order valence-corrected chi connectivity index (χ4v) is 6.29. The molecule has 3 heterocycles. The standard InChI is InChI=1S/C34H28N4O7S/c1-4-44-24-13-10-21(11-14-24)31-30(32(39)36-22-8-6-5-7-9-22)20(2)35-34-37(31)33(40)29(46-34)19-25-15-17-27(45-25)26-16-12-23(38(41)42)18-28(26)43-3/h5-19,31H,4H2,1-3H3,(H,36,39)/b29-19-/t31-/m0/s1. The molecule has 1 N–H and O–H groups in total. The van der Waals surface area contributed by atoms with E-state index in [-0.39, 0.29) is 22.9 Å². The number of aromatic nitrogens is 1. The summed E-state index contributed by atoms with van der Waals surface area (Å²) in [6.45, 7) is 4.16. The van der Waals surface area contributed by atoms with Gasteiger partial charge in [-0.1, -0.05) is 41.7 Å². The number of furan rings is 1. The maximum absolute atomic E-state index is 14.1. The molecule has 3 aromatic carbocycles. The highest BCUT2D eigenvalue weighted by Gasteiger charge is 2.32. The van der Waals surface area contributed by atoms with E-state index in [2.05, 4.69) is 10.3 Å². The average molecular weight is 637 g/mol. The molecular formula is C34H28N4O7S. The van der Waals surface area contributed by atoms with E-state index >= 15 is 0 Å². The fraction of sp³-hybridized carbons (Fsp3) is 0.147. The molecule has 0 saturated heterocycles. The number of fused-ring (bicyclic) bond motifs is 1. The number of carbonyl (C=O) groups excluding carboxylic acids is 1. The van der Waals surface area contributed by atoms with Crippen molar-refractivity contribution < 1.29 is 23.6 Å². The molecule has 46 heavy (non-hydrogen) atoms. The van der Waals surface area contributed by atoms with Crippen LogP contribution in [-0.2, 0) is 4.79 Å². The number of non-ortho nitro benzene ring substituents is 1. The summed E-state index contributed by atoms with van der Waals surface area (Å²) in [5, 5.41) is 14.2. The van der Waals surface area contributed by atoms with Crippen LogP contribution in [0.3, 0.4) is 0 Å². The van der Waals surface area contributed by atoms with Crippen molar-refractivity contribution in [2.45, 2.75) is 19.9 Å². The normalized spacial score (nSPS) is 14.4. The highest BCUT2D eigenvalue weighted by atomic mass is 32.1. The maximum atomic E-state index is 14.1. The van der Waals surface area contributed by atoms with Crippen molar-refractivity contribution in [3.8, 4) is 22.8 Å². The summed E-state index contributed by atoms with van der Waals surface area (Å²) in [5.41, 5.74) is 2.24. The van der Waals surface area contributed by atoms with Gasteiger partial charge in [-0.3, -0.25) is 24.3 Å². The van der Waals surface area contributed by atoms with Crippen molar-refractivity contribution >= 4 is 34.7 Å². The van der Waals surface area contributed by atoms with E-state index < -0.39 is 11.0 Å². The molecular weight excluding hydrogens is 608 g/mol. The molecule has 2 aromatic heterocycles. The Morgan fingerprint density at radius 1 is 1.11 bits per heavy atom. The number of allylic oxidation sites excluding steroid dienone is 1. The van der Waals surface area contributed by atoms with E-state index in [1.807, 2.05) is 49.4 Å². The predicted molar refractivity (Wildman–Crippen MR) is 174 cm³/mol. The zero-order valence-electron chi connectivity index (χ0n) is 25.1. The highest BCUT2D eigenvalue weighted by molar-refractivity contribution is 7.07. The highest BCUT2D eigenvalue weighted by Crippen LogP contribution is 2.35. The summed E-state index contributed by atoms with van der Waals surface area (Å²) >= 11 is 1.18. The van der Waals surface area contributed by atoms with E-state index in [1.165, 1.54) is 35.1 Å². The van der Waals surface area contributed by atoms with Crippen LogP contribution in [-0.4, -0.2) is 29.1 Å². The Morgan fingerprint density at radius 2 is 1.87 bits per heavy atom. The second-order valence-electron chi connectivity index (χ2n) is 10.2. The van der Waals surface area contributed by atoms with Gasteiger partial charge in [-0.15, -0.1) is 0 Å². The van der Waals surface area contributed by atoms with Gasteiger partial charge in [0.05, 0.1) is 52.1 Å². The summed E-state index contributed by atoms with van der Waals surface area (Å²) in [4.78, 5) is 43.7. The molecule has 1 aliphatic heterocycles. The van der Waals surface area contributed by atoms with Gasteiger partial charge in [0.15, 0.2) is 4.80 Å². The van der Waals surface area contributed by atoms with Gasteiger partial charge in [-0.05, 0) is 61.9 Å². The van der Waals surface area contributed by atoms with Crippen molar-refractivity contribution in [1.29, 1.82) is 0 Å². The third-order valence-corrected chi connectivity index (χ3v) is 8.35. The van der Waals surface area contributed by atoms with Crippen molar-refractivity contribution in [3.05, 3.63) is 137 Å². The minimum absolute atomic E-state index is 0.109. The summed E-state index contributed by atoms with van der Waals surface area (Å²) < 4.78 is 18.9. The number of hydrogen-bond donors (Lipinski definition) is 1. The lowest BCUT2D eigenvalue weighted by molar-refractivity contribution is -0.384. The van der Waals surface area contributed by atoms with Gasteiger partial charge < -0.3 is 19.2 Å². The largest absolute Gasteiger partial charge is 0.496 e. The Bertz CT molecular complexity index is 2160. The second kappa shape index (κ2) is 12.7. The number of benzene rings is 3. The van der Waals surface area contributed by atoms with E-state index in [4.69, 9.17) is 13.9 Å². The van der Waals surface area contributed by atoms with Crippen LogP contribution in [0, 0.1) is 10.1 Å². The van der Waals surface area contributed by atoms with Gasteiger partial charge in [-0.2, -0.15) is 0 Å². The van der Waals surface area contributed by atoms with Crippen molar-refractivity contribution in [2.24, 2.45) is 4.99 Å². The van der Waals surface area contributed by atoms with Gasteiger partial charge in [0, 0.05) is 17.8 Å². The third kappa shape index (κ3) is 5.85. The number of amides is 1. The monoisotopic (exact) mass is 636 g/mol. The lowest BCUT2D eigenvalue weighted by atomic mass is 9.95. The number of nitro benzene ring substituents is 1. The van der Waals surface area contributed by atoms with E-state index in [0.717, 1.165) is 0 Å². The summed E-state index contributed by atoms with van der Waals surface area (Å²) in [6.07, 6.45) is 1.61. The fourth-order valence-electron chi connectivity index (χ4n) is 5.26. The topological polar surface area (TPSA) is 138 Å². The molecule has 11 nitrogen and oxygen atoms in total. The molecule has 1 aliphatic rings. The average Bonchev–Trinajstić information content (AvgIpc) is 3.64. The third-order valence-electron chi connectivity index (χ3n) is 7.37. The Kier molecular flexibility index (Phi) is 8.36. The van der Waals surface area contributed by atoms with Gasteiger partial charge in [0.2, 0.25) is 0 Å². The molecule has 0 unspecified atom stereocenters. The molecule has 0 bridgehead atoms. The minimum Gasteiger partial charge on any atom is -0.496 e. The molecule has 0 radical (unpaired) electrons. The second-order valence-corrected chi connectivity index (χ2v) is 11.3. The number of ether oxygens (including phenoxy) is 2. The zero-order valence-corrected chi connectivity index (χ0v) is 25.9. The molecule has 0 aliphatic carbocycles. The van der Waals surface area contributed by atoms with Crippen LogP contribution in [0.2, 0.25) is 0 Å². The first-order valence-corrected chi connectivity index (χ1v) is 15.1. The number of hydrogen-bond acceptors (Lipinski definition) is 9. The minimum atomic E-state index is -0.755. The molecule has 6 rings (SSSR count). The van der Waals surface area contributed by atoms with Crippen LogP contribution in [0.25, 0.3) is 17.4 Å². The number of para-hydroxylation sites is 1. The zero-order chi connectivity index (χ0) is 32.4. The number of rotatable bonds is 9. The van der Waals surface area contributed by atoms with Gasteiger partial charge in [-0.25, -0.2) is 4.99 Å². The van der Waals surface area contributed by atoms with Crippen LogP contribution in [0.1, 0.15) is 31.2 Å². The number of carbonyl (C=O) groups is 1. The number of thiazole rings is 1. The Hall–Kier alpha value is -5.75. The van der Waals surface area contributed by atoms with E-state index in [9.17, 15) is 19.7 Å². The molecule has 0 fully saturated rings. The van der Waals surface area contributed by atoms with Crippen molar-refractivity contribution in [2.75, 3.05) is 19.0 Å². The van der Waals surface area contributed by atoms with Crippen LogP contribution >= 0.6 is 11.3 Å². The molecule has 12 heteroatoms. The van der Waals surface area contributed by atoms with E-state index in [0.29, 0.717) is 61.3 Å². The lowest BCUT2D eigenvalue weighted by Crippen LogP contribution is -2.40. The first-order valence-electron chi connectivity index (χ1n) is 14.3. The van der Waals surface area contributed by atoms with Crippen LogP contribution in [0.15, 0.2) is 110 Å². The SMILES string of the molecule is CCOc1ccc([C@H]2C(C(=O)Nc3ccccc3)=C(C)N=c3s/c(=C\c4ccc(-c5ccc([N+](=O)[O-])cc5OC)o4)c(=O)n32)cc1. The van der Waals surface area contributed by atoms with E-state index in [1.54, 1.807) is 43.3 Å². The Labute approximate surface area is 266 Å². The molecule has 0 saturated carbocycles. The predicted octanol–water partition coefficient (Wildman–Crippen LogP) is 5.45. The first-order chi connectivity index (χ1) is 22.3. The van der Waals surface area contributed by atoms with Gasteiger partial charge >= 0.3 is 0 Å². The quantitative estimate of drug-likeness (QED) is 0.168.